The van der Waals surface area contributed by atoms with Gasteiger partial charge in [0.05, 0.1) is 18.5 Å². The van der Waals surface area contributed by atoms with Gasteiger partial charge in [-0.1, -0.05) is 54.6 Å². The summed E-state index contributed by atoms with van der Waals surface area (Å²) in [4.78, 5) is 25.9. The normalized spacial score (nSPS) is 11.3. The fourth-order valence-corrected chi connectivity index (χ4v) is 3.15. The van der Waals surface area contributed by atoms with Gasteiger partial charge in [0, 0.05) is 13.6 Å². The van der Waals surface area contributed by atoms with Crippen LogP contribution >= 0.6 is 0 Å². The predicted molar refractivity (Wildman–Crippen MR) is 109 cm³/mol. The molecule has 3 aromatic rings. The van der Waals surface area contributed by atoms with E-state index in [1.54, 1.807) is 0 Å². The number of rotatable bonds is 6. The molecule has 156 valence electrons. The van der Waals surface area contributed by atoms with Crippen molar-refractivity contribution in [3.8, 4) is 0 Å². The predicted octanol–water partition coefficient (Wildman–Crippen LogP) is 4.18. The van der Waals surface area contributed by atoms with Gasteiger partial charge in [-0.3, -0.25) is 9.59 Å². The topological polar surface area (TPSA) is 49.4 Å². The van der Waals surface area contributed by atoms with Crippen molar-refractivity contribution < 1.29 is 22.8 Å². The Balaban J connectivity index is 1.52. The molecule has 7 heteroatoms. The first-order chi connectivity index (χ1) is 14.2. The molecule has 0 atom stereocenters. The van der Waals surface area contributed by atoms with Gasteiger partial charge in [0.1, 0.15) is 0 Å². The number of alkyl halides is 3. The molecular weight excluding hydrogens is 393 g/mol. The lowest BCUT2D eigenvalue weighted by molar-refractivity contribution is -0.137. The molecule has 0 fully saturated rings. The molecule has 0 aliphatic heterocycles. The van der Waals surface area contributed by atoms with Gasteiger partial charge < -0.3 is 10.2 Å². The second kappa shape index (κ2) is 8.98. The molecule has 0 unspecified atom stereocenters. The number of halogens is 3. The first-order valence-corrected chi connectivity index (χ1v) is 9.37. The van der Waals surface area contributed by atoms with Crippen LogP contribution in [0.1, 0.15) is 16.7 Å². The molecule has 2 amide bonds. The Labute approximate surface area is 172 Å². The van der Waals surface area contributed by atoms with Gasteiger partial charge in [0.25, 0.3) is 0 Å². The van der Waals surface area contributed by atoms with Gasteiger partial charge in [-0.2, -0.15) is 13.2 Å². The van der Waals surface area contributed by atoms with Gasteiger partial charge in [-0.05, 0) is 34.0 Å². The number of benzene rings is 3. The van der Waals surface area contributed by atoms with E-state index in [-0.39, 0.29) is 31.3 Å². The molecule has 0 aliphatic rings. The Morgan fingerprint density at radius 2 is 1.60 bits per heavy atom. The number of nitrogens with one attached hydrogen (secondary N) is 1. The quantitative estimate of drug-likeness (QED) is 0.658. The number of amides is 2. The van der Waals surface area contributed by atoms with E-state index in [2.05, 4.69) is 5.32 Å². The van der Waals surface area contributed by atoms with Crippen molar-refractivity contribution in [2.75, 3.05) is 13.6 Å². The number of nitrogens with zero attached hydrogens (tertiary/aromatic N) is 1. The third-order valence-electron chi connectivity index (χ3n) is 4.79. The van der Waals surface area contributed by atoms with Crippen LogP contribution in [0.2, 0.25) is 0 Å². The summed E-state index contributed by atoms with van der Waals surface area (Å²) in [5.74, 6) is -0.608. The van der Waals surface area contributed by atoms with Gasteiger partial charge in [0.15, 0.2) is 0 Å². The van der Waals surface area contributed by atoms with Crippen molar-refractivity contribution in [1.29, 1.82) is 0 Å². The van der Waals surface area contributed by atoms with E-state index in [0.29, 0.717) is 5.56 Å². The van der Waals surface area contributed by atoms with Crippen molar-refractivity contribution >= 4 is 22.6 Å². The Kier molecular flexibility index (Phi) is 6.40. The summed E-state index contributed by atoms with van der Waals surface area (Å²) in [6.07, 6.45) is -4.24. The maximum absolute atomic E-state index is 12.6. The van der Waals surface area contributed by atoms with Crippen LogP contribution in [0.25, 0.3) is 10.8 Å². The van der Waals surface area contributed by atoms with Gasteiger partial charge >= 0.3 is 6.18 Å². The maximum atomic E-state index is 12.6. The Morgan fingerprint density at radius 1 is 0.933 bits per heavy atom. The molecule has 3 aromatic carbocycles. The molecule has 0 heterocycles. The molecule has 0 spiro atoms. The molecule has 0 aliphatic carbocycles. The fourth-order valence-electron chi connectivity index (χ4n) is 3.15. The van der Waals surface area contributed by atoms with Crippen molar-refractivity contribution in [3.05, 3.63) is 83.4 Å². The van der Waals surface area contributed by atoms with E-state index in [4.69, 9.17) is 0 Å². The van der Waals surface area contributed by atoms with Crippen LogP contribution in [-0.4, -0.2) is 30.3 Å². The van der Waals surface area contributed by atoms with E-state index in [9.17, 15) is 22.8 Å². The van der Waals surface area contributed by atoms with Gasteiger partial charge in [0.2, 0.25) is 11.8 Å². The molecule has 3 rings (SSSR count). The van der Waals surface area contributed by atoms with Gasteiger partial charge in [-0.25, -0.2) is 0 Å². The summed E-state index contributed by atoms with van der Waals surface area (Å²) in [6.45, 7) is -0.0309. The van der Waals surface area contributed by atoms with E-state index in [1.807, 2.05) is 42.5 Å². The fraction of sp³-hybridized carbons (Fsp3) is 0.217. The number of carbonyl (C=O) groups excluding carboxylic acids is 2. The molecule has 0 saturated carbocycles. The molecule has 30 heavy (non-hydrogen) atoms. The average Bonchev–Trinajstić information content (AvgIpc) is 2.72. The zero-order chi connectivity index (χ0) is 21.7. The standard InChI is InChI=1S/C23H21F3N2O2/c1-28(15-16-9-11-19(12-10-16)23(24,25)26)22(30)14-27-21(29)13-18-7-4-6-17-5-2-3-8-20(17)18/h2-12H,13-15H2,1H3,(H,27,29). The van der Waals surface area contributed by atoms with E-state index >= 15 is 0 Å². The lowest BCUT2D eigenvalue weighted by Crippen LogP contribution is -2.38. The highest BCUT2D eigenvalue weighted by Crippen LogP contribution is 2.29. The van der Waals surface area contributed by atoms with Crippen molar-refractivity contribution in [2.24, 2.45) is 0 Å². The SMILES string of the molecule is CN(Cc1ccc(C(F)(F)F)cc1)C(=O)CNC(=O)Cc1cccc2ccccc12. The highest BCUT2D eigenvalue weighted by Gasteiger charge is 2.30. The summed E-state index contributed by atoms with van der Waals surface area (Å²) in [5, 5.41) is 4.64. The molecular formula is C23H21F3N2O2. The lowest BCUT2D eigenvalue weighted by Gasteiger charge is -2.18. The van der Waals surface area contributed by atoms with Crippen LogP contribution in [0.4, 0.5) is 13.2 Å². The monoisotopic (exact) mass is 414 g/mol. The summed E-state index contributed by atoms with van der Waals surface area (Å²) < 4.78 is 37.9. The van der Waals surface area contributed by atoms with E-state index in [0.717, 1.165) is 28.5 Å². The molecule has 0 aromatic heterocycles. The van der Waals surface area contributed by atoms with E-state index in [1.165, 1.54) is 24.1 Å². The summed E-state index contributed by atoms with van der Waals surface area (Å²) in [6, 6.07) is 18.1. The summed E-state index contributed by atoms with van der Waals surface area (Å²) >= 11 is 0. The maximum Gasteiger partial charge on any atom is 0.416 e. The highest BCUT2D eigenvalue weighted by atomic mass is 19.4. The molecule has 1 N–H and O–H groups in total. The Bertz CT molecular complexity index is 1040. The van der Waals surface area contributed by atoms with Crippen LogP contribution in [0.5, 0.6) is 0 Å². The van der Waals surface area contributed by atoms with Crippen molar-refractivity contribution in [2.45, 2.75) is 19.1 Å². The highest BCUT2D eigenvalue weighted by molar-refractivity contribution is 5.91. The van der Waals surface area contributed by atoms with Crippen LogP contribution in [-0.2, 0) is 28.7 Å². The van der Waals surface area contributed by atoms with Crippen LogP contribution in [0.3, 0.4) is 0 Å². The van der Waals surface area contributed by atoms with Crippen molar-refractivity contribution in [1.82, 2.24) is 10.2 Å². The van der Waals surface area contributed by atoms with Crippen LogP contribution in [0.15, 0.2) is 66.7 Å². The third kappa shape index (κ3) is 5.37. The Morgan fingerprint density at radius 3 is 2.30 bits per heavy atom. The number of likely N-dealkylation sites (N-methyl/N-ethyl adjacent to an activating group) is 1. The van der Waals surface area contributed by atoms with Gasteiger partial charge in [-0.15, -0.1) is 0 Å². The van der Waals surface area contributed by atoms with Crippen LogP contribution in [0, 0.1) is 0 Å². The minimum atomic E-state index is -4.39. The molecule has 0 radical (unpaired) electrons. The van der Waals surface area contributed by atoms with Crippen molar-refractivity contribution in [3.63, 3.8) is 0 Å². The zero-order valence-corrected chi connectivity index (χ0v) is 16.4. The lowest BCUT2D eigenvalue weighted by atomic mass is 10.0. The third-order valence-corrected chi connectivity index (χ3v) is 4.79. The number of carbonyl (C=O) groups is 2. The number of hydrogen-bond donors (Lipinski definition) is 1. The number of fused-ring (bicyclic) bond motifs is 1. The van der Waals surface area contributed by atoms with E-state index < -0.39 is 11.7 Å². The smallest absolute Gasteiger partial charge is 0.347 e. The minimum Gasteiger partial charge on any atom is -0.347 e. The second-order valence-corrected chi connectivity index (χ2v) is 7.04. The average molecular weight is 414 g/mol. The number of hydrogen-bond acceptors (Lipinski definition) is 2. The molecule has 4 nitrogen and oxygen atoms in total. The summed E-state index contributed by atoms with van der Waals surface area (Å²) in [5.41, 5.74) is 0.706. The first-order valence-electron chi connectivity index (χ1n) is 9.37. The van der Waals surface area contributed by atoms with Crippen LogP contribution < -0.4 is 5.32 Å². The Hall–Kier alpha value is -3.35. The summed E-state index contributed by atoms with van der Waals surface area (Å²) in [7, 11) is 1.54. The minimum absolute atomic E-state index is 0.149. The first kappa shape index (κ1) is 21.4. The largest absolute Gasteiger partial charge is 0.416 e. The second-order valence-electron chi connectivity index (χ2n) is 7.04. The molecule has 0 saturated heterocycles. The zero-order valence-electron chi connectivity index (χ0n) is 16.4. The molecule has 0 bridgehead atoms.